The molecular formula is C16H13ClFN3. The number of anilines is 1. The van der Waals surface area contributed by atoms with Crippen molar-refractivity contribution in [3.63, 3.8) is 0 Å². The summed E-state index contributed by atoms with van der Waals surface area (Å²) in [5.74, 6) is 0.377. The van der Waals surface area contributed by atoms with Gasteiger partial charge in [0.2, 0.25) is 5.95 Å². The summed E-state index contributed by atoms with van der Waals surface area (Å²) < 4.78 is 15.7. The Hall–Kier alpha value is -2.07. The molecule has 1 aliphatic carbocycles. The predicted molar refractivity (Wildman–Crippen MR) is 82.0 cm³/mol. The smallest absolute Gasteiger partial charge is 0.201 e. The monoisotopic (exact) mass is 301 g/mol. The van der Waals surface area contributed by atoms with Gasteiger partial charge in [0.25, 0.3) is 0 Å². The number of rotatable bonds is 2. The first-order valence-electron chi connectivity index (χ1n) is 6.82. The summed E-state index contributed by atoms with van der Waals surface area (Å²) in [6.45, 7) is 0. The van der Waals surface area contributed by atoms with Crippen molar-refractivity contribution < 1.29 is 4.39 Å². The highest BCUT2D eigenvalue weighted by Gasteiger charge is 2.41. The molecule has 2 N–H and O–H groups in total. The first-order valence-corrected chi connectivity index (χ1v) is 7.20. The van der Waals surface area contributed by atoms with Crippen LogP contribution in [0, 0.1) is 5.82 Å². The molecule has 3 aromatic rings. The minimum Gasteiger partial charge on any atom is -0.369 e. The lowest BCUT2D eigenvalue weighted by molar-refractivity contribution is 0.628. The molecule has 1 saturated carbocycles. The number of hydrogen-bond donors (Lipinski definition) is 1. The third-order valence-corrected chi connectivity index (χ3v) is 4.36. The van der Waals surface area contributed by atoms with Crippen molar-refractivity contribution in [1.82, 2.24) is 9.55 Å². The highest BCUT2D eigenvalue weighted by Crippen LogP contribution is 2.53. The third-order valence-electron chi connectivity index (χ3n) is 4.07. The van der Waals surface area contributed by atoms with Crippen LogP contribution in [-0.4, -0.2) is 9.55 Å². The van der Waals surface area contributed by atoms with Crippen molar-refractivity contribution in [2.45, 2.75) is 18.4 Å². The molecule has 1 aliphatic rings. The number of nitrogens with zero attached hydrogens (tertiary/aromatic N) is 2. The van der Waals surface area contributed by atoms with Gasteiger partial charge in [0.15, 0.2) is 0 Å². The molecule has 0 aliphatic heterocycles. The fourth-order valence-electron chi connectivity index (χ4n) is 2.98. The number of nitrogens with two attached hydrogens (primary N) is 1. The molecule has 4 rings (SSSR count). The highest BCUT2D eigenvalue weighted by molar-refractivity contribution is 6.31. The van der Waals surface area contributed by atoms with Gasteiger partial charge < -0.3 is 10.3 Å². The van der Waals surface area contributed by atoms with E-state index in [9.17, 15) is 4.39 Å². The molecule has 3 nitrogen and oxygen atoms in total. The molecule has 0 bridgehead atoms. The fourth-order valence-corrected chi connectivity index (χ4v) is 3.14. The topological polar surface area (TPSA) is 43.8 Å². The van der Waals surface area contributed by atoms with Crippen LogP contribution in [0.4, 0.5) is 10.3 Å². The molecule has 2 atom stereocenters. The van der Waals surface area contributed by atoms with E-state index in [1.807, 2.05) is 22.8 Å². The minimum absolute atomic E-state index is 0.0718. The molecule has 1 heterocycles. The van der Waals surface area contributed by atoms with E-state index in [0.717, 1.165) is 6.42 Å². The van der Waals surface area contributed by atoms with Gasteiger partial charge in [-0.15, -0.1) is 0 Å². The molecule has 0 radical (unpaired) electrons. The molecule has 106 valence electrons. The molecule has 21 heavy (non-hydrogen) atoms. The lowest BCUT2D eigenvalue weighted by Crippen LogP contribution is -2.02. The van der Waals surface area contributed by atoms with Crippen molar-refractivity contribution in [2.24, 2.45) is 0 Å². The van der Waals surface area contributed by atoms with Gasteiger partial charge in [-0.3, -0.25) is 0 Å². The summed E-state index contributed by atoms with van der Waals surface area (Å²) in [5.41, 5.74) is 8.64. The summed E-state index contributed by atoms with van der Waals surface area (Å²) >= 11 is 5.80. The van der Waals surface area contributed by atoms with Crippen LogP contribution in [0.3, 0.4) is 0 Å². The maximum atomic E-state index is 13.7. The van der Waals surface area contributed by atoms with Crippen LogP contribution < -0.4 is 5.73 Å². The molecule has 0 spiro atoms. The number of aromatic nitrogens is 2. The van der Waals surface area contributed by atoms with Gasteiger partial charge in [0.05, 0.1) is 16.1 Å². The van der Waals surface area contributed by atoms with Crippen LogP contribution in [0.15, 0.2) is 42.5 Å². The zero-order valence-electron chi connectivity index (χ0n) is 11.1. The average molecular weight is 302 g/mol. The normalized spacial score (nSPS) is 20.9. The van der Waals surface area contributed by atoms with E-state index in [0.29, 0.717) is 22.9 Å². The van der Waals surface area contributed by atoms with Crippen molar-refractivity contribution in [3.8, 4) is 0 Å². The van der Waals surface area contributed by atoms with E-state index in [-0.39, 0.29) is 11.1 Å². The lowest BCUT2D eigenvalue weighted by Gasteiger charge is -2.06. The maximum absolute atomic E-state index is 13.7. The predicted octanol–water partition coefficient (Wildman–Crippen LogP) is 4.14. The van der Waals surface area contributed by atoms with Crippen LogP contribution in [0.25, 0.3) is 11.0 Å². The third kappa shape index (κ3) is 1.98. The van der Waals surface area contributed by atoms with E-state index in [2.05, 4.69) is 17.1 Å². The number of fused-ring (bicyclic) bond motifs is 1. The van der Waals surface area contributed by atoms with Gasteiger partial charge in [-0.05, 0) is 18.1 Å². The van der Waals surface area contributed by atoms with Crippen molar-refractivity contribution >= 4 is 28.6 Å². The van der Waals surface area contributed by atoms with Crippen LogP contribution in [0.5, 0.6) is 0 Å². The number of benzene rings is 2. The summed E-state index contributed by atoms with van der Waals surface area (Å²) in [6, 6.07) is 13.5. The van der Waals surface area contributed by atoms with Gasteiger partial charge >= 0.3 is 0 Å². The Morgan fingerprint density at radius 1 is 1.24 bits per heavy atom. The maximum Gasteiger partial charge on any atom is 0.201 e. The second kappa shape index (κ2) is 4.46. The van der Waals surface area contributed by atoms with Crippen LogP contribution >= 0.6 is 11.6 Å². The van der Waals surface area contributed by atoms with E-state index >= 15 is 0 Å². The van der Waals surface area contributed by atoms with Gasteiger partial charge in [0.1, 0.15) is 5.82 Å². The van der Waals surface area contributed by atoms with Crippen molar-refractivity contribution in [1.29, 1.82) is 0 Å². The first kappa shape index (κ1) is 12.7. The van der Waals surface area contributed by atoms with Crippen molar-refractivity contribution in [2.75, 3.05) is 5.73 Å². The highest BCUT2D eigenvalue weighted by atomic mass is 35.5. The summed E-state index contributed by atoms with van der Waals surface area (Å²) in [4.78, 5) is 4.29. The molecule has 2 aromatic carbocycles. The van der Waals surface area contributed by atoms with E-state index in [1.54, 1.807) is 0 Å². The van der Waals surface area contributed by atoms with Crippen LogP contribution in [-0.2, 0) is 0 Å². The summed E-state index contributed by atoms with van der Waals surface area (Å²) in [6.07, 6.45) is 0.990. The molecular weight excluding hydrogens is 289 g/mol. The van der Waals surface area contributed by atoms with Crippen LogP contribution in [0.1, 0.15) is 23.9 Å². The van der Waals surface area contributed by atoms with Crippen LogP contribution in [0.2, 0.25) is 5.02 Å². The average Bonchev–Trinajstić information content (AvgIpc) is 3.19. The molecule has 5 heteroatoms. The SMILES string of the molecule is Nc1nc2cc(Cl)c(F)cc2n1C1CC1c1ccccc1. The Morgan fingerprint density at radius 3 is 2.76 bits per heavy atom. The molecule has 2 unspecified atom stereocenters. The van der Waals surface area contributed by atoms with Gasteiger partial charge in [-0.2, -0.15) is 0 Å². The van der Waals surface area contributed by atoms with Gasteiger partial charge in [-0.25, -0.2) is 9.37 Å². The summed E-state index contributed by atoms with van der Waals surface area (Å²) in [5, 5.41) is 0.0718. The fraction of sp³-hybridized carbons (Fsp3) is 0.188. The zero-order chi connectivity index (χ0) is 14.6. The van der Waals surface area contributed by atoms with E-state index in [1.165, 1.54) is 17.7 Å². The first-order chi connectivity index (χ1) is 10.1. The number of halogens is 2. The Morgan fingerprint density at radius 2 is 2.00 bits per heavy atom. The summed E-state index contributed by atoms with van der Waals surface area (Å²) in [7, 11) is 0. The zero-order valence-corrected chi connectivity index (χ0v) is 11.9. The largest absolute Gasteiger partial charge is 0.369 e. The number of hydrogen-bond acceptors (Lipinski definition) is 2. The molecule has 1 aromatic heterocycles. The molecule has 0 saturated heterocycles. The molecule has 0 amide bonds. The van der Waals surface area contributed by atoms with E-state index in [4.69, 9.17) is 17.3 Å². The quantitative estimate of drug-likeness (QED) is 0.773. The van der Waals surface area contributed by atoms with Gasteiger partial charge in [0, 0.05) is 18.0 Å². The molecule has 1 fully saturated rings. The van der Waals surface area contributed by atoms with Gasteiger partial charge in [-0.1, -0.05) is 41.9 Å². The Labute approximate surface area is 126 Å². The minimum atomic E-state index is -0.442. The lowest BCUT2D eigenvalue weighted by atomic mass is 10.1. The van der Waals surface area contributed by atoms with E-state index < -0.39 is 5.82 Å². The Bertz CT molecular complexity index is 828. The number of imidazole rings is 1. The Balaban J connectivity index is 1.78. The Kier molecular flexibility index (Phi) is 2.69. The second-order valence-electron chi connectivity index (χ2n) is 5.42. The second-order valence-corrected chi connectivity index (χ2v) is 5.82. The number of nitrogen functional groups attached to an aromatic ring is 1. The standard InChI is InChI=1S/C16H13ClFN3/c17-11-7-13-15(8-12(11)18)21(16(19)20-13)14-6-10(14)9-4-2-1-3-5-9/h1-5,7-8,10,14H,6H2,(H2,19,20). The van der Waals surface area contributed by atoms with Crippen molar-refractivity contribution in [3.05, 3.63) is 58.9 Å².